The Balaban J connectivity index is 1.10. The lowest BCUT2D eigenvalue weighted by molar-refractivity contribution is -0.127. The Bertz CT molecular complexity index is 1210. The third-order valence-corrected chi connectivity index (χ3v) is 8.13. The minimum Gasteiger partial charge on any atom is -0.354 e. The first-order valence-electron chi connectivity index (χ1n) is 14.2. The van der Waals surface area contributed by atoms with E-state index in [1.54, 1.807) is 0 Å². The number of unbranched alkanes of at least 4 members (excludes halogenated alkanes) is 3. The first-order valence-corrected chi connectivity index (χ1v) is 14.2. The summed E-state index contributed by atoms with van der Waals surface area (Å²) in [6, 6.07) is 15.0. The number of carbonyl (C=O) groups excluding carboxylic acids is 1. The molecule has 0 spiro atoms. The van der Waals surface area contributed by atoms with Crippen LogP contribution in [-0.4, -0.2) is 34.3 Å². The molecule has 5 rings (SSSR count). The van der Waals surface area contributed by atoms with E-state index >= 15 is 0 Å². The fraction of sp³-hybridized carbons (Fsp3) is 0.469. The summed E-state index contributed by atoms with van der Waals surface area (Å²) in [6.45, 7) is 1.63. The van der Waals surface area contributed by atoms with Gasteiger partial charge in [0, 0.05) is 48.6 Å². The van der Waals surface area contributed by atoms with Crippen LogP contribution in [0.2, 0.25) is 0 Å². The fourth-order valence-electron chi connectivity index (χ4n) is 6.10. The van der Waals surface area contributed by atoms with Gasteiger partial charge in [-0.25, -0.2) is 4.98 Å². The summed E-state index contributed by atoms with van der Waals surface area (Å²) < 4.78 is 2.31. The van der Waals surface area contributed by atoms with Crippen molar-refractivity contribution in [2.24, 2.45) is 16.8 Å². The molecule has 2 aliphatic rings. The van der Waals surface area contributed by atoms with Crippen LogP contribution in [0.1, 0.15) is 64.2 Å². The number of aromatic nitrogens is 2. The average Bonchev–Trinajstić information content (AvgIpc) is 3.61. The van der Waals surface area contributed by atoms with Crippen molar-refractivity contribution in [2.75, 3.05) is 6.54 Å². The number of carbonyl (C=O) groups is 1. The second-order valence-electron chi connectivity index (χ2n) is 10.7. The number of rotatable bonds is 12. The van der Waals surface area contributed by atoms with Crippen molar-refractivity contribution >= 4 is 23.2 Å². The van der Waals surface area contributed by atoms with Gasteiger partial charge in [-0.1, -0.05) is 68.5 Å². The van der Waals surface area contributed by atoms with Gasteiger partial charge < -0.3 is 9.88 Å². The van der Waals surface area contributed by atoms with Crippen molar-refractivity contribution in [3.63, 3.8) is 0 Å². The number of nitrogens with zero attached hydrogens (tertiary/aromatic N) is 3. The van der Waals surface area contributed by atoms with Gasteiger partial charge in [-0.15, -0.1) is 0 Å². The second-order valence-corrected chi connectivity index (χ2v) is 10.7. The summed E-state index contributed by atoms with van der Waals surface area (Å²) in [4.78, 5) is 22.3. The summed E-state index contributed by atoms with van der Waals surface area (Å²) in [5.74, 6) is 0.982. The van der Waals surface area contributed by atoms with Crippen LogP contribution in [0.25, 0.3) is 22.2 Å². The second kappa shape index (κ2) is 12.8. The van der Waals surface area contributed by atoms with Gasteiger partial charge in [-0.2, -0.15) is 0 Å². The first-order chi connectivity index (χ1) is 18.3. The van der Waals surface area contributed by atoms with Gasteiger partial charge >= 0.3 is 0 Å². The molecule has 1 aliphatic carbocycles. The number of nitrogens with one attached hydrogen (secondary N) is 1. The minimum atomic E-state index is 0.164. The SMILES string of the molecule is O=C(NCC1CC=CC=N1)C(CCCCCCn1cc(-c2ccccc2)c2cccnc21)C1CCCC1. The maximum atomic E-state index is 13.1. The van der Waals surface area contributed by atoms with E-state index < -0.39 is 0 Å². The predicted octanol–water partition coefficient (Wildman–Crippen LogP) is 6.98. The predicted molar refractivity (Wildman–Crippen MR) is 153 cm³/mol. The first kappa shape index (κ1) is 25.4. The van der Waals surface area contributed by atoms with Crippen LogP contribution in [0.15, 0.2) is 72.0 Å². The van der Waals surface area contributed by atoms with E-state index in [0.717, 1.165) is 37.9 Å². The van der Waals surface area contributed by atoms with Gasteiger partial charge in [0.05, 0.1) is 6.04 Å². The summed E-state index contributed by atoms with van der Waals surface area (Å²) in [5.41, 5.74) is 3.56. The normalized spacial score (nSPS) is 18.4. The Labute approximate surface area is 221 Å². The number of hydrogen-bond donors (Lipinski definition) is 1. The molecule has 0 radical (unpaired) electrons. The maximum absolute atomic E-state index is 13.1. The van der Waals surface area contributed by atoms with E-state index in [1.807, 2.05) is 24.6 Å². The molecule has 0 saturated heterocycles. The van der Waals surface area contributed by atoms with Crippen LogP contribution in [-0.2, 0) is 11.3 Å². The van der Waals surface area contributed by atoms with Crippen molar-refractivity contribution in [3.05, 3.63) is 67.0 Å². The Hall–Kier alpha value is -3.21. The lowest BCUT2D eigenvalue weighted by Gasteiger charge is -2.24. The van der Waals surface area contributed by atoms with Gasteiger partial charge in [0.2, 0.25) is 5.91 Å². The number of aryl methyl sites for hydroxylation is 1. The highest BCUT2D eigenvalue weighted by Crippen LogP contribution is 2.34. The van der Waals surface area contributed by atoms with Crippen LogP contribution in [0.5, 0.6) is 0 Å². The molecular formula is C32H40N4O. The summed E-state index contributed by atoms with van der Waals surface area (Å²) in [6.07, 6.45) is 21.6. The van der Waals surface area contributed by atoms with Crippen LogP contribution in [0.4, 0.5) is 0 Å². The topological polar surface area (TPSA) is 59.3 Å². The van der Waals surface area contributed by atoms with E-state index in [0.29, 0.717) is 12.5 Å². The van der Waals surface area contributed by atoms with Crippen LogP contribution >= 0.6 is 0 Å². The third kappa shape index (κ3) is 6.57. The molecule has 2 aromatic heterocycles. The Morgan fingerprint density at radius 1 is 1.03 bits per heavy atom. The molecule has 0 bridgehead atoms. The molecule has 5 nitrogen and oxygen atoms in total. The molecule has 3 aromatic rings. The molecule has 2 atom stereocenters. The van der Waals surface area contributed by atoms with E-state index in [2.05, 4.69) is 68.5 Å². The molecule has 1 aliphatic heterocycles. The summed E-state index contributed by atoms with van der Waals surface area (Å²) in [5, 5.41) is 4.46. The zero-order valence-electron chi connectivity index (χ0n) is 21.9. The molecular weight excluding hydrogens is 456 g/mol. The van der Waals surface area contributed by atoms with Gasteiger partial charge in [0.25, 0.3) is 0 Å². The molecule has 3 heterocycles. The molecule has 1 saturated carbocycles. The number of allylic oxidation sites excluding steroid dienone is 1. The van der Waals surface area contributed by atoms with Gasteiger partial charge in [-0.05, 0) is 61.8 Å². The molecule has 2 unspecified atom stereocenters. The highest BCUT2D eigenvalue weighted by atomic mass is 16.1. The molecule has 1 fully saturated rings. The van der Waals surface area contributed by atoms with Crippen LogP contribution in [0.3, 0.4) is 0 Å². The van der Waals surface area contributed by atoms with Crippen molar-refractivity contribution in [1.82, 2.24) is 14.9 Å². The van der Waals surface area contributed by atoms with Gasteiger partial charge in [-0.3, -0.25) is 9.79 Å². The van der Waals surface area contributed by atoms with Crippen molar-refractivity contribution in [2.45, 2.75) is 76.8 Å². The number of benzene rings is 1. The average molecular weight is 497 g/mol. The van der Waals surface area contributed by atoms with Crippen molar-refractivity contribution < 1.29 is 4.79 Å². The standard InChI is InChI=1S/C32H40N4O/c37-32(35-23-27-17-9-10-20-33-27)28(25-15-7-8-16-25)18-6-1-2-11-22-36-24-30(26-13-4-3-5-14-26)29-19-12-21-34-31(29)36/h3-5,9-10,12-14,19-21,24-25,27-28H,1-2,6-8,11,15-18,22-23H2,(H,35,37). The summed E-state index contributed by atoms with van der Waals surface area (Å²) in [7, 11) is 0. The fourth-order valence-corrected chi connectivity index (χ4v) is 6.10. The minimum absolute atomic E-state index is 0.164. The molecule has 5 heteroatoms. The molecule has 1 N–H and O–H groups in total. The molecule has 37 heavy (non-hydrogen) atoms. The third-order valence-electron chi connectivity index (χ3n) is 8.13. The monoisotopic (exact) mass is 496 g/mol. The summed E-state index contributed by atoms with van der Waals surface area (Å²) >= 11 is 0. The van der Waals surface area contributed by atoms with E-state index in [1.165, 1.54) is 55.0 Å². The zero-order chi connectivity index (χ0) is 25.3. The number of pyridine rings is 1. The number of fused-ring (bicyclic) bond motifs is 1. The van der Waals surface area contributed by atoms with E-state index in [4.69, 9.17) is 0 Å². The Kier molecular flexibility index (Phi) is 8.83. The van der Waals surface area contributed by atoms with Gasteiger partial charge in [0.15, 0.2) is 0 Å². The number of aliphatic imine (C=N–C) groups is 1. The van der Waals surface area contributed by atoms with E-state index in [9.17, 15) is 4.79 Å². The highest BCUT2D eigenvalue weighted by Gasteiger charge is 2.30. The Morgan fingerprint density at radius 3 is 2.68 bits per heavy atom. The Morgan fingerprint density at radius 2 is 1.86 bits per heavy atom. The highest BCUT2D eigenvalue weighted by molar-refractivity contribution is 5.94. The maximum Gasteiger partial charge on any atom is 0.223 e. The lowest BCUT2D eigenvalue weighted by Crippen LogP contribution is -2.38. The van der Waals surface area contributed by atoms with Crippen molar-refractivity contribution in [1.29, 1.82) is 0 Å². The lowest BCUT2D eigenvalue weighted by atomic mass is 9.85. The number of dihydropyridines is 1. The van der Waals surface area contributed by atoms with Crippen LogP contribution < -0.4 is 5.32 Å². The zero-order valence-corrected chi connectivity index (χ0v) is 21.9. The van der Waals surface area contributed by atoms with E-state index in [-0.39, 0.29) is 17.9 Å². The number of hydrogen-bond acceptors (Lipinski definition) is 3. The smallest absolute Gasteiger partial charge is 0.223 e. The van der Waals surface area contributed by atoms with Crippen LogP contribution in [0, 0.1) is 11.8 Å². The quantitative estimate of drug-likeness (QED) is 0.275. The molecule has 1 aromatic carbocycles. The number of amides is 1. The largest absolute Gasteiger partial charge is 0.354 e. The molecule has 1 amide bonds. The van der Waals surface area contributed by atoms with Gasteiger partial charge in [0.1, 0.15) is 5.65 Å². The van der Waals surface area contributed by atoms with Crippen molar-refractivity contribution in [3.8, 4) is 11.1 Å². The molecule has 194 valence electrons.